The number of hydrogen-bond acceptors (Lipinski definition) is 2. The molecule has 4 heteroatoms. The van der Waals surface area contributed by atoms with Crippen LogP contribution in [0.1, 0.15) is 35.6 Å². The van der Waals surface area contributed by atoms with Crippen molar-refractivity contribution < 1.29 is 4.79 Å². The van der Waals surface area contributed by atoms with Crippen LogP contribution in [0, 0.1) is 0 Å². The highest BCUT2D eigenvalue weighted by Crippen LogP contribution is 2.29. The fourth-order valence-electron chi connectivity index (χ4n) is 3.35. The van der Waals surface area contributed by atoms with Gasteiger partial charge in [0.25, 0.3) is 0 Å². The Balaban J connectivity index is 1.55. The Morgan fingerprint density at radius 1 is 1.21 bits per heavy atom. The molecule has 0 saturated carbocycles. The lowest BCUT2D eigenvalue weighted by Crippen LogP contribution is -2.38. The lowest BCUT2D eigenvalue weighted by atomic mass is 9.88. The van der Waals surface area contributed by atoms with E-state index < -0.39 is 0 Å². The van der Waals surface area contributed by atoms with Gasteiger partial charge in [0.15, 0.2) is 0 Å². The first-order valence-electron chi connectivity index (χ1n) is 8.42. The monoisotopic (exact) mass is 386 g/mol. The average Bonchev–Trinajstić information content (AvgIpc) is 2.57. The van der Waals surface area contributed by atoms with Gasteiger partial charge in [0.1, 0.15) is 0 Å². The number of carbonyl (C=O) groups is 1. The molecule has 0 spiro atoms. The number of nitrogens with one attached hydrogen (secondary N) is 1. The quantitative estimate of drug-likeness (QED) is 0.839. The van der Waals surface area contributed by atoms with E-state index in [0.717, 1.165) is 30.3 Å². The van der Waals surface area contributed by atoms with Gasteiger partial charge in [0.2, 0.25) is 5.91 Å². The summed E-state index contributed by atoms with van der Waals surface area (Å²) < 4.78 is 1.07. The molecule has 3 nitrogen and oxygen atoms in total. The van der Waals surface area contributed by atoms with Gasteiger partial charge < -0.3 is 5.32 Å². The third kappa shape index (κ3) is 4.46. The van der Waals surface area contributed by atoms with Crippen LogP contribution in [0.5, 0.6) is 0 Å². The number of benzene rings is 2. The first kappa shape index (κ1) is 17.2. The van der Waals surface area contributed by atoms with Crippen molar-refractivity contribution in [3.05, 3.63) is 69.7 Å². The van der Waals surface area contributed by atoms with Crippen LogP contribution in [-0.4, -0.2) is 24.4 Å². The van der Waals surface area contributed by atoms with E-state index >= 15 is 0 Å². The van der Waals surface area contributed by atoms with E-state index in [-0.39, 0.29) is 11.9 Å². The normalized spacial score (nSPS) is 16.7. The first-order valence-corrected chi connectivity index (χ1v) is 9.21. The summed E-state index contributed by atoms with van der Waals surface area (Å²) in [4.78, 5) is 14.5. The maximum Gasteiger partial charge on any atom is 0.234 e. The van der Waals surface area contributed by atoms with Crippen LogP contribution in [-0.2, 0) is 17.8 Å². The summed E-state index contributed by atoms with van der Waals surface area (Å²) in [7, 11) is 1.98. The van der Waals surface area contributed by atoms with Crippen molar-refractivity contribution in [1.29, 1.82) is 0 Å². The molecule has 3 rings (SSSR count). The number of hydrogen-bond donors (Lipinski definition) is 1. The molecule has 0 radical (unpaired) electrons. The average molecular weight is 387 g/mol. The summed E-state index contributed by atoms with van der Waals surface area (Å²) >= 11 is 3.44. The highest BCUT2D eigenvalue weighted by atomic mass is 79.9. The van der Waals surface area contributed by atoms with Gasteiger partial charge in [-0.1, -0.05) is 52.3 Å². The van der Waals surface area contributed by atoms with Crippen molar-refractivity contribution in [3.63, 3.8) is 0 Å². The molecule has 1 amide bonds. The second-order valence-electron chi connectivity index (χ2n) is 6.51. The van der Waals surface area contributed by atoms with Gasteiger partial charge >= 0.3 is 0 Å². The Bertz CT molecular complexity index is 699. The Kier molecular flexibility index (Phi) is 5.69. The number of nitrogens with zero attached hydrogens (tertiary/aromatic N) is 1. The number of aryl methyl sites for hydroxylation is 1. The number of amides is 1. The summed E-state index contributed by atoms with van der Waals surface area (Å²) in [6, 6.07) is 16.8. The molecule has 0 heterocycles. The molecule has 1 atom stereocenters. The molecule has 1 aliphatic rings. The SMILES string of the molecule is CN(CC(=O)N[C@@H]1CCCc2ccccc21)Cc1ccc(Br)cc1. The third-order valence-corrected chi connectivity index (χ3v) is 5.01. The van der Waals surface area contributed by atoms with Gasteiger partial charge in [-0.2, -0.15) is 0 Å². The minimum atomic E-state index is 0.0938. The zero-order valence-electron chi connectivity index (χ0n) is 14.0. The molecule has 2 aromatic rings. The van der Waals surface area contributed by atoms with Crippen molar-refractivity contribution in [2.24, 2.45) is 0 Å². The van der Waals surface area contributed by atoms with Gasteiger partial charge in [-0.25, -0.2) is 0 Å². The molecule has 126 valence electrons. The van der Waals surface area contributed by atoms with Crippen LogP contribution in [0.4, 0.5) is 0 Å². The second-order valence-corrected chi connectivity index (χ2v) is 7.43. The number of carbonyl (C=O) groups excluding carboxylic acids is 1. The standard InChI is InChI=1S/C20H23BrN2O/c1-23(13-15-9-11-17(21)12-10-15)14-20(24)22-19-8-4-6-16-5-2-3-7-18(16)19/h2-3,5,7,9-12,19H,4,6,8,13-14H2,1H3,(H,22,24)/t19-/m1/s1. The van der Waals surface area contributed by atoms with E-state index in [2.05, 4.69) is 57.6 Å². The second kappa shape index (κ2) is 7.95. The predicted molar refractivity (Wildman–Crippen MR) is 101 cm³/mol. The molecule has 0 unspecified atom stereocenters. The van der Waals surface area contributed by atoms with E-state index in [4.69, 9.17) is 0 Å². The fourth-order valence-corrected chi connectivity index (χ4v) is 3.61. The molecule has 2 aromatic carbocycles. The fraction of sp³-hybridized carbons (Fsp3) is 0.350. The van der Waals surface area contributed by atoms with Gasteiger partial charge in [0, 0.05) is 11.0 Å². The molecule has 0 aliphatic heterocycles. The third-order valence-electron chi connectivity index (χ3n) is 4.48. The Morgan fingerprint density at radius 3 is 2.75 bits per heavy atom. The largest absolute Gasteiger partial charge is 0.348 e. The minimum Gasteiger partial charge on any atom is -0.348 e. The summed E-state index contributed by atoms with van der Waals surface area (Å²) in [6.07, 6.45) is 3.28. The van der Waals surface area contributed by atoms with Crippen LogP contribution in [0.25, 0.3) is 0 Å². The molecule has 24 heavy (non-hydrogen) atoms. The first-order chi connectivity index (χ1) is 11.6. The van der Waals surface area contributed by atoms with E-state index in [9.17, 15) is 4.79 Å². The van der Waals surface area contributed by atoms with Crippen LogP contribution in [0.15, 0.2) is 53.0 Å². The van der Waals surface area contributed by atoms with Gasteiger partial charge in [0.05, 0.1) is 12.6 Å². The Morgan fingerprint density at radius 2 is 1.96 bits per heavy atom. The smallest absolute Gasteiger partial charge is 0.234 e. The molecular weight excluding hydrogens is 364 g/mol. The number of rotatable bonds is 5. The van der Waals surface area contributed by atoms with Crippen molar-refractivity contribution in [2.75, 3.05) is 13.6 Å². The summed E-state index contributed by atoms with van der Waals surface area (Å²) in [5.41, 5.74) is 3.86. The zero-order valence-corrected chi connectivity index (χ0v) is 15.6. The number of likely N-dealkylation sites (N-methyl/N-ethyl adjacent to an activating group) is 1. The number of fused-ring (bicyclic) bond motifs is 1. The van der Waals surface area contributed by atoms with Gasteiger partial charge in [-0.3, -0.25) is 9.69 Å². The number of halogens is 1. The molecule has 0 aromatic heterocycles. The maximum atomic E-state index is 12.4. The molecule has 1 N–H and O–H groups in total. The Labute approximate surface area is 152 Å². The Hall–Kier alpha value is -1.65. The van der Waals surface area contributed by atoms with E-state index in [1.54, 1.807) is 0 Å². The molecule has 0 fully saturated rings. The van der Waals surface area contributed by atoms with Gasteiger partial charge in [-0.15, -0.1) is 0 Å². The zero-order chi connectivity index (χ0) is 16.9. The lowest BCUT2D eigenvalue weighted by Gasteiger charge is -2.27. The minimum absolute atomic E-state index is 0.0938. The lowest BCUT2D eigenvalue weighted by molar-refractivity contribution is -0.122. The predicted octanol–water partition coefficient (Wildman–Crippen LogP) is 4.07. The molecule has 0 bridgehead atoms. The highest BCUT2D eigenvalue weighted by Gasteiger charge is 2.21. The highest BCUT2D eigenvalue weighted by molar-refractivity contribution is 9.10. The van der Waals surface area contributed by atoms with Crippen LogP contribution in [0.2, 0.25) is 0 Å². The van der Waals surface area contributed by atoms with E-state index in [0.29, 0.717) is 6.54 Å². The van der Waals surface area contributed by atoms with E-state index in [1.165, 1.54) is 16.7 Å². The molecule has 0 saturated heterocycles. The van der Waals surface area contributed by atoms with Crippen molar-refractivity contribution >= 4 is 21.8 Å². The van der Waals surface area contributed by atoms with Crippen LogP contribution >= 0.6 is 15.9 Å². The van der Waals surface area contributed by atoms with Crippen molar-refractivity contribution in [2.45, 2.75) is 31.8 Å². The van der Waals surface area contributed by atoms with E-state index in [1.807, 2.05) is 24.1 Å². The van der Waals surface area contributed by atoms with Crippen molar-refractivity contribution in [1.82, 2.24) is 10.2 Å². The molecular formula is C20H23BrN2O. The summed E-state index contributed by atoms with van der Waals surface area (Å²) in [5, 5.41) is 3.21. The van der Waals surface area contributed by atoms with Gasteiger partial charge in [-0.05, 0) is 55.1 Å². The summed E-state index contributed by atoms with van der Waals surface area (Å²) in [6.45, 7) is 1.18. The molecule has 1 aliphatic carbocycles. The maximum absolute atomic E-state index is 12.4. The van der Waals surface area contributed by atoms with Crippen molar-refractivity contribution in [3.8, 4) is 0 Å². The topological polar surface area (TPSA) is 32.3 Å². The van der Waals surface area contributed by atoms with Crippen LogP contribution < -0.4 is 5.32 Å². The van der Waals surface area contributed by atoms with Crippen LogP contribution in [0.3, 0.4) is 0 Å². The summed E-state index contributed by atoms with van der Waals surface area (Å²) in [5.74, 6) is 0.0938.